The average molecular weight is 419 g/mol. The number of hydrogen-bond donors (Lipinski definition) is 0. The standard InChI is InChI=1S/C22H27ClN2O4/c1-7-25-14(4)18(13(3)19(25)22(28)29-8-2)20(26)15(5)24(6)21(27)16-11-9-10-12-17(16)23/h9-12,15H,7-8H2,1-6H3/t15-/m1/s1. The molecule has 2 aromatic rings. The van der Waals surface area contributed by atoms with Crippen LogP contribution in [0.25, 0.3) is 0 Å². The smallest absolute Gasteiger partial charge is 0.355 e. The normalized spacial score (nSPS) is 11.8. The van der Waals surface area contributed by atoms with Gasteiger partial charge < -0.3 is 14.2 Å². The first-order valence-electron chi connectivity index (χ1n) is 9.59. The molecule has 1 heterocycles. The predicted molar refractivity (Wildman–Crippen MR) is 113 cm³/mol. The molecule has 2 rings (SSSR count). The maximum Gasteiger partial charge on any atom is 0.355 e. The van der Waals surface area contributed by atoms with E-state index in [-0.39, 0.29) is 18.3 Å². The summed E-state index contributed by atoms with van der Waals surface area (Å²) in [6.07, 6.45) is 0. The van der Waals surface area contributed by atoms with Crippen LogP contribution >= 0.6 is 11.6 Å². The molecule has 156 valence electrons. The third-order valence-corrected chi connectivity index (χ3v) is 5.51. The number of likely N-dealkylation sites (N-methyl/N-ethyl adjacent to an activating group) is 1. The summed E-state index contributed by atoms with van der Waals surface area (Å²) in [4.78, 5) is 40.0. The lowest BCUT2D eigenvalue weighted by atomic mass is 9.99. The average Bonchev–Trinajstić information content (AvgIpc) is 2.95. The van der Waals surface area contributed by atoms with Crippen LogP contribution in [0.1, 0.15) is 63.2 Å². The van der Waals surface area contributed by atoms with Crippen LogP contribution in [-0.2, 0) is 11.3 Å². The first-order chi connectivity index (χ1) is 13.7. The summed E-state index contributed by atoms with van der Waals surface area (Å²) in [5.74, 6) is -1.03. The lowest BCUT2D eigenvalue weighted by molar-refractivity contribution is 0.0512. The molecule has 0 radical (unpaired) electrons. The highest BCUT2D eigenvalue weighted by molar-refractivity contribution is 6.33. The van der Waals surface area contributed by atoms with Crippen LogP contribution in [0.5, 0.6) is 0 Å². The van der Waals surface area contributed by atoms with Gasteiger partial charge in [0.05, 0.1) is 23.2 Å². The van der Waals surface area contributed by atoms with Gasteiger partial charge in [0.2, 0.25) is 0 Å². The van der Waals surface area contributed by atoms with Crippen molar-refractivity contribution in [3.05, 3.63) is 57.4 Å². The Hall–Kier alpha value is -2.60. The Bertz CT molecular complexity index is 949. The molecule has 0 aliphatic rings. The highest BCUT2D eigenvalue weighted by Crippen LogP contribution is 2.26. The third-order valence-electron chi connectivity index (χ3n) is 5.18. The lowest BCUT2D eigenvalue weighted by Gasteiger charge is -2.24. The number of hydrogen-bond acceptors (Lipinski definition) is 4. The van der Waals surface area contributed by atoms with Gasteiger partial charge in [0.25, 0.3) is 5.91 Å². The molecule has 29 heavy (non-hydrogen) atoms. The van der Waals surface area contributed by atoms with Gasteiger partial charge in [0, 0.05) is 24.8 Å². The van der Waals surface area contributed by atoms with Gasteiger partial charge in [-0.15, -0.1) is 0 Å². The minimum atomic E-state index is -0.737. The zero-order chi connectivity index (χ0) is 21.9. The molecule has 7 heteroatoms. The predicted octanol–water partition coefficient (Wildman–Crippen LogP) is 4.30. The Balaban J connectivity index is 2.42. The largest absolute Gasteiger partial charge is 0.461 e. The van der Waals surface area contributed by atoms with Gasteiger partial charge in [-0.05, 0) is 52.3 Å². The fourth-order valence-electron chi connectivity index (χ4n) is 3.50. The van der Waals surface area contributed by atoms with Crippen molar-refractivity contribution in [3.63, 3.8) is 0 Å². The van der Waals surface area contributed by atoms with Gasteiger partial charge in [-0.1, -0.05) is 23.7 Å². The van der Waals surface area contributed by atoms with E-state index in [2.05, 4.69) is 0 Å². The van der Waals surface area contributed by atoms with Crippen LogP contribution in [0.4, 0.5) is 0 Å². The van der Waals surface area contributed by atoms with Crippen LogP contribution in [0.15, 0.2) is 24.3 Å². The monoisotopic (exact) mass is 418 g/mol. The molecule has 1 aromatic heterocycles. The van der Waals surface area contributed by atoms with Gasteiger partial charge >= 0.3 is 5.97 Å². The van der Waals surface area contributed by atoms with E-state index in [0.717, 1.165) is 0 Å². The first-order valence-corrected chi connectivity index (χ1v) is 9.97. The molecule has 1 amide bonds. The summed E-state index contributed by atoms with van der Waals surface area (Å²) in [6, 6.07) is 5.99. The second kappa shape index (κ2) is 9.27. The number of esters is 1. The van der Waals surface area contributed by atoms with Crippen molar-refractivity contribution in [1.82, 2.24) is 9.47 Å². The molecule has 6 nitrogen and oxygen atoms in total. The summed E-state index contributed by atoms with van der Waals surface area (Å²) < 4.78 is 6.95. The number of amides is 1. The van der Waals surface area contributed by atoms with Crippen molar-refractivity contribution >= 4 is 29.3 Å². The Morgan fingerprint density at radius 3 is 2.34 bits per heavy atom. The van der Waals surface area contributed by atoms with Crippen LogP contribution in [-0.4, -0.2) is 46.8 Å². The van der Waals surface area contributed by atoms with E-state index in [1.807, 2.05) is 6.92 Å². The summed E-state index contributed by atoms with van der Waals surface area (Å²) in [5.41, 5.74) is 2.41. The first kappa shape index (κ1) is 22.7. The molecule has 1 atom stereocenters. The number of carbonyl (C=O) groups is 3. The van der Waals surface area contributed by atoms with E-state index in [1.54, 1.807) is 63.6 Å². The maximum absolute atomic E-state index is 13.3. The molecule has 1 aromatic carbocycles. The molecule has 0 aliphatic carbocycles. The van der Waals surface area contributed by atoms with Gasteiger partial charge in [-0.3, -0.25) is 9.59 Å². The van der Waals surface area contributed by atoms with E-state index in [9.17, 15) is 14.4 Å². The third kappa shape index (κ3) is 4.22. The number of carbonyl (C=O) groups excluding carboxylic acids is 3. The summed E-state index contributed by atoms with van der Waals surface area (Å²) in [5, 5.41) is 0.332. The fraction of sp³-hybridized carbons (Fsp3) is 0.409. The van der Waals surface area contributed by atoms with E-state index >= 15 is 0 Å². The molecule has 0 saturated heterocycles. The minimum absolute atomic E-state index is 0.236. The second-order valence-electron chi connectivity index (χ2n) is 6.83. The number of ether oxygens (including phenoxy) is 1. The van der Waals surface area contributed by atoms with Crippen LogP contribution in [0.2, 0.25) is 5.02 Å². The molecule has 0 saturated carbocycles. The summed E-state index contributed by atoms with van der Waals surface area (Å²) >= 11 is 6.14. The molecule has 0 N–H and O–H groups in total. The zero-order valence-electron chi connectivity index (χ0n) is 17.7. The quantitative estimate of drug-likeness (QED) is 0.496. The van der Waals surface area contributed by atoms with Crippen molar-refractivity contribution < 1.29 is 19.1 Å². The van der Waals surface area contributed by atoms with Crippen molar-refractivity contribution in [2.24, 2.45) is 0 Å². The van der Waals surface area contributed by atoms with Gasteiger partial charge in [0.1, 0.15) is 5.69 Å². The summed E-state index contributed by atoms with van der Waals surface area (Å²) in [6.45, 7) is 9.63. The highest BCUT2D eigenvalue weighted by Gasteiger charge is 2.32. The van der Waals surface area contributed by atoms with E-state index in [0.29, 0.717) is 39.6 Å². The Morgan fingerprint density at radius 1 is 1.17 bits per heavy atom. The fourth-order valence-corrected chi connectivity index (χ4v) is 3.72. The number of rotatable bonds is 7. The minimum Gasteiger partial charge on any atom is -0.461 e. The highest BCUT2D eigenvalue weighted by atomic mass is 35.5. The number of ketones is 1. The zero-order valence-corrected chi connectivity index (χ0v) is 18.5. The molecule has 0 aliphatic heterocycles. The van der Waals surface area contributed by atoms with Gasteiger partial charge in [0.15, 0.2) is 5.78 Å². The van der Waals surface area contributed by atoms with E-state index in [4.69, 9.17) is 16.3 Å². The van der Waals surface area contributed by atoms with Gasteiger partial charge in [-0.2, -0.15) is 0 Å². The number of nitrogens with zero attached hydrogens (tertiary/aromatic N) is 2. The number of Topliss-reactive ketones (excluding diaryl/α,β-unsaturated/α-hetero) is 1. The SMILES string of the molecule is CCOC(=O)c1c(C)c(C(=O)[C@@H](C)N(C)C(=O)c2ccccc2Cl)c(C)n1CC. The molecular weight excluding hydrogens is 392 g/mol. The van der Waals surface area contributed by atoms with Crippen molar-refractivity contribution in [1.29, 1.82) is 0 Å². The number of benzene rings is 1. The van der Waals surface area contributed by atoms with Crippen molar-refractivity contribution in [2.75, 3.05) is 13.7 Å². The Labute approximate surface area is 176 Å². The molecular formula is C22H27ClN2O4. The second-order valence-corrected chi connectivity index (χ2v) is 7.24. The van der Waals surface area contributed by atoms with E-state index in [1.165, 1.54) is 4.90 Å². The topological polar surface area (TPSA) is 68.6 Å². The molecule has 0 bridgehead atoms. The van der Waals surface area contributed by atoms with Crippen LogP contribution in [0, 0.1) is 13.8 Å². The number of aromatic nitrogens is 1. The van der Waals surface area contributed by atoms with Crippen LogP contribution in [0.3, 0.4) is 0 Å². The van der Waals surface area contributed by atoms with Crippen molar-refractivity contribution in [3.8, 4) is 0 Å². The number of halogens is 1. The van der Waals surface area contributed by atoms with Crippen LogP contribution < -0.4 is 0 Å². The Morgan fingerprint density at radius 2 is 1.79 bits per heavy atom. The van der Waals surface area contributed by atoms with Gasteiger partial charge in [-0.25, -0.2) is 4.79 Å². The summed E-state index contributed by atoms with van der Waals surface area (Å²) in [7, 11) is 1.57. The molecule has 0 unspecified atom stereocenters. The van der Waals surface area contributed by atoms with E-state index < -0.39 is 12.0 Å². The van der Waals surface area contributed by atoms with Crippen molar-refractivity contribution in [2.45, 2.75) is 47.2 Å². The Kier molecular flexibility index (Phi) is 7.25. The molecule has 0 spiro atoms. The lowest BCUT2D eigenvalue weighted by Crippen LogP contribution is -2.40. The maximum atomic E-state index is 13.3. The molecule has 0 fully saturated rings.